The van der Waals surface area contributed by atoms with Gasteiger partial charge in [-0.05, 0) is 54.7 Å². The Labute approximate surface area is 166 Å². The van der Waals surface area contributed by atoms with Crippen LogP contribution in [0, 0.1) is 0 Å². The van der Waals surface area contributed by atoms with Crippen molar-refractivity contribution in [1.82, 2.24) is 0 Å². The van der Waals surface area contributed by atoms with Crippen LogP contribution < -0.4 is 19.7 Å². The zero-order chi connectivity index (χ0) is 19.5. The number of benzene rings is 2. The number of rotatable bonds is 6. The van der Waals surface area contributed by atoms with Crippen molar-refractivity contribution >= 4 is 11.6 Å². The Morgan fingerprint density at radius 1 is 1.07 bits per heavy atom. The van der Waals surface area contributed by atoms with Crippen molar-refractivity contribution in [2.24, 2.45) is 0 Å². The summed E-state index contributed by atoms with van der Waals surface area (Å²) in [6.45, 7) is 1.47. The van der Waals surface area contributed by atoms with Gasteiger partial charge in [-0.25, -0.2) is 0 Å². The van der Waals surface area contributed by atoms with Gasteiger partial charge in [0.15, 0.2) is 6.54 Å². The fourth-order valence-electron chi connectivity index (χ4n) is 4.67. The summed E-state index contributed by atoms with van der Waals surface area (Å²) in [6, 6.07) is 12.6. The molecule has 2 aromatic rings. The molecule has 4 rings (SSSR count). The molecule has 1 fully saturated rings. The Morgan fingerprint density at radius 3 is 2.75 bits per heavy atom. The molecule has 1 aliphatic carbocycles. The van der Waals surface area contributed by atoms with E-state index < -0.39 is 0 Å². The van der Waals surface area contributed by atoms with Crippen LogP contribution in [0.4, 0.5) is 5.69 Å². The number of carbonyl (C=O) groups is 1. The summed E-state index contributed by atoms with van der Waals surface area (Å²) in [5, 5.41) is 3.11. The van der Waals surface area contributed by atoms with Crippen LogP contribution in [0.1, 0.15) is 42.0 Å². The number of likely N-dealkylation sites (tertiary alicyclic amines) is 1. The predicted molar refractivity (Wildman–Crippen MR) is 109 cm³/mol. The fraction of sp³-hybridized carbons (Fsp3) is 0.435. The van der Waals surface area contributed by atoms with Crippen molar-refractivity contribution in [3.8, 4) is 11.5 Å². The van der Waals surface area contributed by atoms with Gasteiger partial charge in [0.05, 0.1) is 26.3 Å². The van der Waals surface area contributed by atoms with Crippen LogP contribution in [-0.2, 0) is 17.6 Å². The summed E-state index contributed by atoms with van der Waals surface area (Å²) in [5.41, 5.74) is 4.88. The van der Waals surface area contributed by atoms with E-state index >= 15 is 0 Å². The van der Waals surface area contributed by atoms with Crippen LogP contribution >= 0.6 is 0 Å². The number of nitrogens with one attached hydrogen (secondary N) is 2. The summed E-state index contributed by atoms with van der Waals surface area (Å²) in [5.74, 6) is 1.70. The molecule has 0 aromatic heterocycles. The Morgan fingerprint density at radius 2 is 1.93 bits per heavy atom. The monoisotopic (exact) mass is 381 g/mol. The van der Waals surface area contributed by atoms with Gasteiger partial charge in [-0.1, -0.05) is 6.07 Å². The van der Waals surface area contributed by atoms with Gasteiger partial charge < -0.3 is 19.7 Å². The molecule has 2 atom stereocenters. The molecule has 1 unspecified atom stereocenters. The van der Waals surface area contributed by atoms with E-state index in [0.717, 1.165) is 55.0 Å². The molecule has 2 N–H and O–H groups in total. The van der Waals surface area contributed by atoms with E-state index in [0.29, 0.717) is 6.54 Å². The maximum absolute atomic E-state index is 12.7. The van der Waals surface area contributed by atoms with Crippen LogP contribution in [-0.4, -0.2) is 33.2 Å². The van der Waals surface area contributed by atoms with E-state index in [1.165, 1.54) is 22.4 Å². The zero-order valence-corrected chi connectivity index (χ0v) is 16.7. The van der Waals surface area contributed by atoms with E-state index in [4.69, 9.17) is 9.47 Å². The van der Waals surface area contributed by atoms with Gasteiger partial charge in [-0.3, -0.25) is 4.79 Å². The third-order valence-corrected chi connectivity index (χ3v) is 6.07. The lowest BCUT2D eigenvalue weighted by molar-refractivity contribution is -0.910. The molecular weight excluding hydrogens is 352 g/mol. The lowest BCUT2D eigenvalue weighted by atomic mass is 10.0. The molecule has 28 heavy (non-hydrogen) atoms. The van der Waals surface area contributed by atoms with E-state index in [1.54, 1.807) is 14.2 Å². The Hall–Kier alpha value is -2.53. The molecule has 148 valence electrons. The quantitative estimate of drug-likeness (QED) is 0.809. The number of amides is 1. The number of anilines is 1. The summed E-state index contributed by atoms with van der Waals surface area (Å²) in [6.07, 6.45) is 5.67. The highest BCUT2D eigenvalue weighted by Crippen LogP contribution is 2.31. The van der Waals surface area contributed by atoms with Crippen molar-refractivity contribution in [3.63, 3.8) is 0 Å². The molecule has 1 heterocycles. The third kappa shape index (κ3) is 3.85. The Bertz CT molecular complexity index is 865. The van der Waals surface area contributed by atoms with Crippen molar-refractivity contribution < 1.29 is 19.2 Å². The van der Waals surface area contributed by atoms with Gasteiger partial charge in [0.1, 0.15) is 17.5 Å². The van der Waals surface area contributed by atoms with Crippen molar-refractivity contribution in [3.05, 3.63) is 53.1 Å². The Balaban J connectivity index is 1.44. The topological polar surface area (TPSA) is 52.0 Å². The van der Waals surface area contributed by atoms with E-state index in [1.807, 2.05) is 18.2 Å². The number of ether oxygens (including phenoxy) is 2. The molecule has 1 amide bonds. The van der Waals surface area contributed by atoms with E-state index in [-0.39, 0.29) is 11.9 Å². The normalized spacial score (nSPS) is 20.6. The number of quaternary nitrogens is 1. The van der Waals surface area contributed by atoms with Crippen molar-refractivity contribution in [2.75, 3.05) is 32.6 Å². The summed E-state index contributed by atoms with van der Waals surface area (Å²) in [7, 11) is 3.35. The lowest BCUT2D eigenvalue weighted by Crippen LogP contribution is -3.11. The number of hydrogen-bond donors (Lipinski definition) is 2. The predicted octanol–water partition coefficient (Wildman–Crippen LogP) is 2.55. The maximum atomic E-state index is 12.7. The minimum Gasteiger partial charge on any atom is -0.497 e. The molecule has 2 aromatic carbocycles. The molecule has 0 spiro atoms. The third-order valence-electron chi connectivity index (χ3n) is 6.07. The second-order valence-electron chi connectivity index (χ2n) is 7.77. The van der Waals surface area contributed by atoms with E-state index in [9.17, 15) is 4.79 Å². The van der Waals surface area contributed by atoms with E-state index in [2.05, 4.69) is 23.5 Å². The average Bonchev–Trinajstić information content (AvgIpc) is 3.36. The molecule has 0 saturated carbocycles. The number of hydrogen-bond acceptors (Lipinski definition) is 3. The van der Waals surface area contributed by atoms with Gasteiger partial charge >= 0.3 is 0 Å². The van der Waals surface area contributed by atoms with Gasteiger partial charge in [-0.2, -0.15) is 0 Å². The number of aryl methyl sites for hydroxylation is 2. The fourth-order valence-corrected chi connectivity index (χ4v) is 4.67. The molecule has 1 aliphatic heterocycles. The van der Waals surface area contributed by atoms with Gasteiger partial charge in [0.25, 0.3) is 5.91 Å². The molecular formula is C23H29N2O3+. The number of fused-ring (bicyclic) bond motifs is 1. The second-order valence-corrected chi connectivity index (χ2v) is 7.77. The molecule has 0 bridgehead atoms. The van der Waals surface area contributed by atoms with Crippen molar-refractivity contribution in [1.29, 1.82) is 0 Å². The maximum Gasteiger partial charge on any atom is 0.279 e. The molecule has 1 saturated heterocycles. The highest BCUT2D eigenvalue weighted by molar-refractivity contribution is 5.91. The summed E-state index contributed by atoms with van der Waals surface area (Å²) >= 11 is 0. The van der Waals surface area contributed by atoms with Crippen LogP contribution in [0.25, 0.3) is 0 Å². The average molecular weight is 381 g/mol. The molecule has 0 radical (unpaired) electrons. The molecule has 2 aliphatic rings. The first-order valence-corrected chi connectivity index (χ1v) is 10.2. The minimum absolute atomic E-state index is 0.0762. The smallest absolute Gasteiger partial charge is 0.279 e. The van der Waals surface area contributed by atoms with Gasteiger partial charge in [0.2, 0.25) is 0 Å². The first-order chi connectivity index (χ1) is 13.7. The first-order valence-electron chi connectivity index (χ1n) is 10.2. The largest absolute Gasteiger partial charge is 0.497 e. The minimum atomic E-state index is 0.0762. The second kappa shape index (κ2) is 8.23. The number of methoxy groups -OCH3 is 2. The van der Waals surface area contributed by atoms with Crippen LogP contribution in [0.5, 0.6) is 11.5 Å². The first kappa shape index (κ1) is 18.8. The highest BCUT2D eigenvalue weighted by atomic mass is 16.5. The SMILES string of the molecule is COc1ccc([C@H]2CCC[NH+]2CC(=O)Nc2ccc3c(c2)CCC3)c(OC)c1. The zero-order valence-electron chi connectivity index (χ0n) is 16.7. The van der Waals surface area contributed by atoms with Crippen LogP contribution in [0.15, 0.2) is 36.4 Å². The lowest BCUT2D eigenvalue weighted by Gasteiger charge is -2.23. The van der Waals surface area contributed by atoms with Gasteiger partial charge in [0, 0.05) is 24.6 Å². The van der Waals surface area contributed by atoms with Gasteiger partial charge in [-0.15, -0.1) is 0 Å². The summed E-state index contributed by atoms with van der Waals surface area (Å²) in [4.78, 5) is 14.0. The standard InChI is InChI=1S/C23H28N2O3/c1-27-19-10-11-20(22(14-19)28-2)21-7-4-12-25(21)15-23(26)24-18-9-8-16-5-3-6-17(16)13-18/h8-11,13-14,21H,3-7,12,15H2,1-2H3,(H,24,26)/p+1/t21-/m1/s1. The molecule has 5 nitrogen and oxygen atoms in total. The Kier molecular flexibility index (Phi) is 5.53. The van der Waals surface area contributed by atoms with Crippen LogP contribution in [0.3, 0.4) is 0 Å². The molecule has 5 heteroatoms. The van der Waals surface area contributed by atoms with Crippen molar-refractivity contribution in [2.45, 2.75) is 38.1 Å². The number of carbonyl (C=O) groups excluding carboxylic acids is 1. The highest BCUT2D eigenvalue weighted by Gasteiger charge is 2.33. The van der Waals surface area contributed by atoms with Crippen LogP contribution in [0.2, 0.25) is 0 Å². The summed E-state index contributed by atoms with van der Waals surface area (Å²) < 4.78 is 10.9.